The van der Waals surface area contributed by atoms with Crippen LogP contribution in [0.15, 0.2) is 27.4 Å². The first-order chi connectivity index (χ1) is 9.40. The van der Waals surface area contributed by atoms with E-state index in [1.807, 2.05) is 0 Å². The second kappa shape index (κ2) is 5.71. The van der Waals surface area contributed by atoms with Crippen LogP contribution in [0.25, 0.3) is 11.1 Å². The maximum atomic E-state index is 11.9. The van der Waals surface area contributed by atoms with Crippen LogP contribution >= 0.6 is 0 Å². The van der Waals surface area contributed by atoms with E-state index in [1.54, 1.807) is 22.8 Å². The van der Waals surface area contributed by atoms with Gasteiger partial charge in [0.05, 0.1) is 5.52 Å². The summed E-state index contributed by atoms with van der Waals surface area (Å²) < 4.78 is 6.90. The Labute approximate surface area is 119 Å². The van der Waals surface area contributed by atoms with Gasteiger partial charge in [0.15, 0.2) is 5.58 Å². The summed E-state index contributed by atoms with van der Waals surface area (Å²) >= 11 is 0. The van der Waals surface area contributed by atoms with Crippen molar-refractivity contribution in [2.45, 2.75) is 46.3 Å². The van der Waals surface area contributed by atoms with Crippen molar-refractivity contribution in [1.82, 2.24) is 9.47 Å². The molecule has 5 heteroatoms. The van der Waals surface area contributed by atoms with Gasteiger partial charge in [0.25, 0.3) is 0 Å². The molecule has 0 radical (unpaired) electrons. The average Bonchev–Trinajstić information content (AvgIpc) is 2.65. The Balaban J connectivity index is 2.27. The Kier molecular flexibility index (Phi) is 4.18. The Bertz CT molecular complexity index is 632. The molecule has 110 valence electrons. The zero-order valence-electron chi connectivity index (χ0n) is 12.6. The summed E-state index contributed by atoms with van der Waals surface area (Å²) in [6.07, 6.45) is 0. The molecule has 0 atom stereocenters. The van der Waals surface area contributed by atoms with E-state index in [9.17, 15) is 4.79 Å². The number of hydrogen-bond donors (Lipinski definition) is 1. The fourth-order valence-corrected chi connectivity index (χ4v) is 2.62. The van der Waals surface area contributed by atoms with Gasteiger partial charge in [-0.25, -0.2) is 4.79 Å². The molecule has 0 amide bonds. The first-order valence-electron chi connectivity index (χ1n) is 7.04. The summed E-state index contributed by atoms with van der Waals surface area (Å²) in [5, 5.41) is 0. The van der Waals surface area contributed by atoms with Gasteiger partial charge in [-0.05, 0) is 45.9 Å². The first kappa shape index (κ1) is 14.7. The molecule has 2 aromatic rings. The number of aromatic nitrogens is 1. The fraction of sp³-hybridized carbons (Fsp3) is 0.533. The van der Waals surface area contributed by atoms with E-state index >= 15 is 0 Å². The lowest BCUT2D eigenvalue weighted by Gasteiger charge is -2.30. The lowest BCUT2D eigenvalue weighted by molar-refractivity contribution is 0.167. The molecule has 0 aliphatic heterocycles. The van der Waals surface area contributed by atoms with Crippen LogP contribution in [0.5, 0.6) is 0 Å². The summed E-state index contributed by atoms with van der Waals surface area (Å²) in [5.74, 6) is -0.321. The minimum Gasteiger partial charge on any atom is -0.408 e. The zero-order chi connectivity index (χ0) is 14.9. The van der Waals surface area contributed by atoms with Gasteiger partial charge in [0.1, 0.15) is 0 Å². The molecule has 2 rings (SSSR count). The van der Waals surface area contributed by atoms with Crippen molar-refractivity contribution in [3.05, 3.63) is 28.7 Å². The summed E-state index contributed by atoms with van der Waals surface area (Å²) in [4.78, 5) is 14.3. The number of oxazole rings is 1. The highest BCUT2D eigenvalue weighted by atomic mass is 16.4. The second-order valence-corrected chi connectivity index (χ2v) is 5.67. The van der Waals surface area contributed by atoms with E-state index in [0.29, 0.717) is 29.9 Å². The molecule has 0 bridgehead atoms. The standard InChI is InChI=1S/C15H23N3O2/c1-10(2)17(11(3)4)7-8-18-13-9-12(16)5-6-14(13)20-15(18)19/h5-6,9-11H,7-8,16H2,1-4H3. The fourth-order valence-electron chi connectivity index (χ4n) is 2.62. The highest BCUT2D eigenvalue weighted by Gasteiger charge is 2.15. The first-order valence-corrected chi connectivity index (χ1v) is 7.04. The topological polar surface area (TPSA) is 64.4 Å². The van der Waals surface area contributed by atoms with Crippen molar-refractivity contribution < 1.29 is 4.42 Å². The van der Waals surface area contributed by atoms with Gasteiger partial charge < -0.3 is 10.2 Å². The number of benzene rings is 1. The molecule has 0 spiro atoms. The van der Waals surface area contributed by atoms with Gasteiger partial charge in [-0.1, -0.05) is 0 Å². The maximum Gasteiger partial charge on any atom is 0.419 e. The van der Waals surface area contributed by atoms with Crippen molar-refractivity contribution in [3.8, 4) is 0 Å². The van der Waals surface area contributed by atoms with Gasteiger partial charge in [0.2, 0.25) is 0 Å². The second-order valence-electron chi connectivity index (χ2n) is 5.67. The minimum atomic E-state index is -0.321. The third kappa shape index (κ3) is 2.88. The van der Waals surface area contributed by atoms with Gasteiger partial charge in [-0.2, -0.15) is 0 Å². The van der Waals surface area contributed by atoms with Crippen LogP contribution in [0.4, 0.5) is 5.69 Å². The highest BCUT2D eigenvalue weighted by Crippen LogP contribution is 2.16. The van der Waals surface area contributed by atoms with E-state index in [0.717, 1.165) is 12.1 Å². The Morgan fingerprint density at radius 2 is 1.90 bits per heavy atom. The van der Waals surface area contributed by atoms with Crippen LogP contribution in [0.2, 0.25) is 0 Å². The van der Waals surface area contributed by atoms with E-state index in [1.165, 1.54) is 0 Å². The molecule has 0 fully saturated rings. The molecule has 0 aliphatic rings. The van der Waals surface area contributed by atoms with Crippen LogP contribution in [0, 0.1) is 0 Å². The number of nitrogen functional groups attached to an aromatic ring is 1. The number of rotatable bonds is 5. The van der Waals surface area contributed by atoms with Gasteiger partial charge >= 0.3 is 5.76 Å². The third-order valence-corrected chi connectivity index (χ3v) is 3.60. The molecule has 1 aromatic carbocycles. The molecule has 2 N–H and O–H groups in total. The number of fused-ring (bicyclic) bond motifs is 1. The van der Waals surface area contributed by atoms with Gasteiger partial charge in [0, 0.05) is 30.9 Å². The number of nitrogens with two attached hydrogens (primary N) is 1. The molecule has 5 nitrogen and oxygen atoms in total. The normalized spacial score (nSPS) is 12.2. The predicted octanol–water partition coefficient (Wildman–Crippen LogP) is 2.30. The monoisotopic (exact) mass is 277 g/mol. The smallest absolute Gasteiger partial charge is 0.408 e. The summed E-state index contributed by atoms with van der Waals surface area (Å²) in [6, 6.07) is 6.15. The third-order valence-electron chi connectivity index (χ3n) is 3.60. The predicted molar refractivity (Wildman–Crippen MR) is 81.9 cm³/mol. The summed E-state index contributed by atoms with van der Waals surface area (Å²) in [7, 11) is 0. The summed E-state index contributed by atoms with van der Waals surface area (Å²) in [5.41, 5.74) is 7.78. The van der Waals surface area contributed by atoms with Crippen molar-refractivity contribution in [3.63, 3.8) is 0 Å². The Morgan fingerprint density at radius 1 is 1.25 bits per heavy atom. The van der Waals surface area contributed by atoms with Crippen LogP contribution in [0.1, 0.15) is 27.7 Å². The van der Waals surface area contributed by atoms with E-state index < -0.39 is 0 Å². The molecule has 0 saturated heterocycles. The Hall–Kier alpha value is -1.75. The minimum absolute atomic E-state index is 0.321. The highest BCUT2D eigenvalue weighted by molar-refractivity contribution is 5.76. The molecule has 0 aliphatic carbocycles. The lowest BCUT2D eigenvalue weighted by atomic mass is 10.2. The number of nitrogens with zero attached hydrogens (tertiary/aromatic N) is 2. The molecular weight excluding hydrogens is 254 g/mol. The van der Waals surface area contributed by atoms with Crippen molar-refractivity contribution in [2.75, 3.05) is 12.3 Å². The lowest BCUT2D eigenvalue weighted by Crippen LogP contribution is -2.40. The van der Waals surface area contributed by atoms with Crippen LogP contribution in [-0.4, -0.2) is 28.1 Å². The van der Waals surface area contributed by atoms with Crippen LogP contribution in [-0.2, 0) is 6.54 Å². The number of hydrogen-bond acceptors (Lipinski definition) is 4. The van der Waals surface area contributed by atoms with E-state index in [2.05, 4.69) is 32.6 Å². The SMILES string of the molecule is CC(C)N(CCn1c(=O)oc2ccc(N)cc21)C(C)C. The van der Waals surface area contributed by atoms with Gasteiger partial charge in [-0.15, -0.1) is 0 Å². The molecule has 1 heterocycles. The van der Waals surface area contributed by atoms with Crippen LogP contribution < -0.4 is 11.5 Å². The largest absolute Gasteiger partial charge is 0.419 e. The van der Waals surface area contributed by atoms with E-state index in [4.69, 9.17) is 10.2 Å². The van der Waals surface area contributed by atoms with Gasteiger partial charge in [-0.3, -0.25) is 9.47 Å². The van der Waals surface area contributed by atoms with Crippen molar-refractivity contribution in [2.24, 2.45) is 0 Å². The van der Waals surface area contributed by atoms with E-state index in [-0.39, 0.29) is 5.76 Å². The molecule has 1 aromatic heterocycles. The average molecular weight is 277 g/mol. The van der Waals surface area contributed by atoms with Crippen molar-refractivity contribution >= 4 is 16.8 Å². The number of anilines is 1. The molecular formula is C15H23N3O2. The van der Waals surface area contributed by atoms with Crippen LogP contribution in [0.3, 0.4) is 0 Å². The molecule has 0 saturated carbocycles. The maximum absolute atomic E-state index is 11.9. The molecule has 0 unspecified atom stereocenters. The van der Waals surface area contributed by atoms with Crippen molar-refractivity contribution in [1.29, 1.82) is 0 Å². The summed E-state index contributed by atoms with van der Waals surface area (Å²) in [6.45, 7) is 10.1. The Morgan fingerprint density at radius 3 is 2.50 bits per heavy atom. The molecule has 20 heavy (non-hydrogen) atoms. The quantitative estimate of drug-likeness (QED) is 0.852. The zero-order valence-corrected chi connectivity index (χ0v) is 12.6.